The number of benzene rings is 1. The second kappa shape index (κ2) is 12.2. The number of anilines is 2. The molecule has 0 unspecified atom stereocenters. The Balaban J connectivity index is 2.05. The molecule has 5 N–H and O–H groups in total. The molecule has 2 rings (SSSR count). The van der Waals surface area contributed by atoms with E-state index in [1.165, 1.54) is 0 Å². The fourth-order valence-corrected chi connectivity index (χ4v) is 2.57. The zero-order chi connectivity index (χ0) is 22.6. The fourth-order valence-electron chi connectivity index (χ4n) is 2.57. The molecule has 31 heavy (non-hydrogen) atoms. The third kappa shape index (κ3) is 7.67. The van der Waals surface area contributed by atoms with Crippen molar-refractivity contribution in [3.63, 3.8) is 0 Å². The van der Waals surface area contributed by atoms with Crippen LogP contribution in [0.5, 0.6) is 5.75 Å². The van der Waals surface area contributed by atoms with Gasteiger partial charge < -0.3 is 26.3 Å². The Bertz CT molecular complexity index is 918. The number of aromatic nitrogens is 1. The molecule has 10 heteroatoms. The average molecular weight is 428 g/mol. The molecule has 0 spiro atoms. The van der Waals surface area contributed by atoms with Gasteiger partial charge in [0.05, 0.1) is 6.61 Å². The van der Waals surface area contributed by atoms with Crippen LogP contribution >= 0.6 is 0 Å². The maximum atomic E-state index is 12.3. The van der Waals surface area contributed by atoms with Gasteiger partial charge in [-0.05, 0) is 50.6 Å². The largest absolute Gasteiger partial charge is 0.513 e. The first kappa shape index (κ1) is 23.7. The van der Waals surface area contributed by atoms with Gasteiger partial charge in [0, 0.05) is 5.92 Å². The van der Waals surface area contributed by atoms with Gasteiger partial charge in [-0.15, -0.1) is 10.2 Å². The highest BCUT2D eigenvalue weighted by molar-refractivity contribution is 5.91. The van der Waals surface area contributed by atoms with Gasteiger partial charge in [0.25, 0.3) is 0 Å². The maximum absolute atomic E-state index is 12.3. The predicted molar refractivity (Wildman–Crippen MR) is 118 cm³/mol. The first-order valence-electron chi connectivity index (χ1n) is 10.1. The number of azo groups is 1. The lowest BCUT2D eigenvalue weighted by Crippen LogP contribution is -2.21. The molecule has 1 aromatic heterocycles. The van der Waals surface area contributed by atoms with E-state index in [2.05, 4.69) is 20.5 Å². The molecule has 0 saturated heterocycles. The van der Waals surface area contributed by atoms with Gasteiger partial charge >= 0.3 is 6.16 Å². The number of nitrogens with zero attached hydrogens (tertiary/aromatic N) is 3. The zero-order valence-corrected chi connectivity index (χ0v) is 17.7. The molecule has 0 saturated carbocycles. The molecule has 1 aromatic carbocycles. The number of para-hydroxylation sites is 1. The summed E-state index contributed by atoms with van der Waals surface area (Å²) in [5.74, 6) is 0.330. The van der Waals surface area contributed by atoms with Crippen LogP contribution in [-0.2, 0) is 9.53 Å². The van der Waals surface area contributed by atoms with Crippen molar-refractivity contribution in [3.05, 3.63) is 36.4 Å². The fraction of sp³-hybridized carbons (Fsp3) is 0.381. The van der Waals surface area contributed by atoms with E-state index in [9.17, 15) is 9.59 Å². The van der Waals surface area contributed by atoms with E-state index in [4.69, 9.17) is 20.9 Å². The number of unbranched alkanes of at least 4 members (excludes halogenated alkanes) is 1. The van der Waals surface area contributed by atoms with Crippen LogP contribution in [-0.4, -0.2) is 30.2 Å². The van der Waals surface area contributed by atoms with Crippen LogP contribution in [0.15, 0.2) is 46.6 Å². The van der Waals surface area contributed by atoms with E-state index >= 15 is 0 Å². The minimum Gasteiger partial charge on any atom is -0.434 e. The first-order valence-corrected chi connectivity index (χ1v) is 10.1. The summed E-state index contributed by atoms with van der Waals surface area (Å²) < 4.78 is 9.88. The zero-order valence-electron chi connectivity index (χ0n) is 17.7. The lowest BCUT2D eigenvalue weighted by molar-refractivity contribution is -0.119. The minimum atomic E-state index is -0.830. The number of carbonyl (C=O) groups excluding carboxylic acids is 2. The molecule has 0 aliphatic heterocycles. The van der Waals surface area contributed by atoms with Crippen molar-refractivity contribution < 1.29 is 19.1 Å². The highest BCUT2D eigenvalue weighted by Crippen LogP contribution is 2.30. The molecule has 166 valence electrons. The Kier molecular flexibility index (Phi) is 9.37. The normalized spacial score (nSPS) is 11.8. The molecule has 0 radical (unpaired) electrons. The van der Waals surface area contributed by atoms with Gasteiger partial charge in [0.2, 0.25) is 5.91 Å². The Morgan fingerprint density at radius 2 is 1.87 bits per heavy atom. The second-order valence-corrected chi connectivity index (χ2v) is 6.73. The second-order valence-electron chi connectivity index (χ2n) is 6.73. The number of carbonyl (C=O) groups is 2. The molecule has 1 amide bonds. The monoisotopic (exact) mass is 428 g/mol. The van der Waals surface area contributed by atoms with Crippen molar-refractivity contribution in [1.29, 1.82) is 0 Å². The third-order valence-electron chi connectivity index (χ3n) is 4.28. The summed E-state index contributed by atoms with van der Waals surface area (Å²) >= 11 is 0. The molecule has 10 nitrogen and oxygen atoms in total. The van der Waals surface area contributed by atoms with E-state index in [1.54, 1.807) is 43.3 Å². The number of nitrogens with two attached hydrogens (primary N) is 2. The molecular weight excluding hydrogens is 400 g/mol. The van der Waals surface area contributed by atoms with Crippen molar-refractivity contribution in [2.75, 3.05) is 24.2 Å². The standard InChI is InChI=1S/C21H28N6O4/c1-3-30-21(29)31-17-10-5-4-9-15(17)26-27-16-11-12-18(24-19(16)23)25-20(28)14(2)8-6-7-13-22/h4-5,9-12,14H,3,6-8,13,22H2,1-2H3,(H3,23,24,25,28)/t14-/m0/s1. The lowest BCUT2D eigenvalue weighted by atomic mass is 10.0. The summed E-state index contributed by atoms with van der Waals surface area (Å²) in [4.78, 5) is 28.0. The number of amides is 1. The van der Waals surface area contributed by atoms with Gasteiger partial charge in [-0.25, -0.2) is 9.78 Å². The predicted octanol–water partition coefficient (Wildman–Crippen LogP) is 4.32. The minimum absolute atomic E-state index is 0.0983. The Morgan fingerprint density at radius 3 is 2.58 bits per heavy atom. The molecule has 0 bridgehead atoms. The molecule has 2 aromatic rings. The van der Waals surface area contributed by atoms with Crippen molar-refractivity contribution in [1.82, 2.24) is 4.98 Å². The summed E-state index contributed by atoms with van der Waals surface area (Å²) in [5, 5.41) is 10.9. The summed E-state index contributed by atoms with van der Waals surface area (Å²) in [6.45, 7) is 4.34. The number of rotatable bonds is 10. The Hall–Kier alpha value is -3.53. The van der Waals surface area contributed by atoms with Crippen molar-refractivity contribution in [2.45, 2.75) is 33.1 Å². The molecule has 0 fully saturated rings. The van der Waals surface area contributed by atoms with Crippen LogP contribution in [0.25, 0.3) is 0 Å². The van der Waals surface area contributed by atoms with Crippen LogP contribution in [0.4, 0.5) is 27.8 Å². The van der Waals surface area contributed by atoms with Gasteiger partial charge in [-0.2, -0.15) is 0 Å². The number of hydrogen-bond donors (Lipinski definition) is 3. The SMILES string of the molecule is CCOC(=O)Oc1ccccc1N=Nc1ccc(NC(=O)[C@@H](C)CCCCN)nc1N. The van der Waals surface area contributed by atoms with Crippen LogP contribution < -0.4 is 21.5 Å². The number of pyridine rings is 1. The number of nitrogens with one attached hydrogen (secondary N) is 1. The average Bonchev–Trinajstić information content (AvgIpc) is 2.74. The highest BCUT2D eigenvalue weighted by Gasteiger charge is 2.14. The topological polar surface area (TPSA) is 154 Å². The number of ether oxygens (including phenoxy) is 2. The summed E-state index contributed by atoms with van der Waals surface area (Å²) in [7, 11) is 0. The van der Waals surface area contributed by atoms with Crippen LogP contribution in [0.2, 0.25) is 0 Å². The molecular formula is C21H28N6O4. The smallest absolute Gasteiger partial charge is 0.434 e. The van der Waals surface area contributed by atoms with E-state index in [0.29, 0.717) is 23.7 Å². The lowest BCUT2D eigenvalue weighted by Gasteiger charge is -2.12. The van der Waals surface area contributed by atoms with E-state index in [0.717, 1.165) is 19.3 Å². The van der Waals surface area contributed by atoms with Crippen LogP contribution in [0.3, 0.4) is 0 Å². The van der Waals surface area contributed by atoms with Gasteiger partial charge in [0.15, 0.2) is 11.6 Å². The summed E-state index contributed by atoms with van der Waals surface area (Å²) in [6, 6.07) is 9.80. The highest BCUT2D eigenvalue weighted by atomic mass is 16.7. The molecule has 0 aliphatic carbocycles. The molecule has 0 aliphatic rings. The number of hydrogen-bond acceptors (Lipinski definition) is 9. The van der Waals surface area contributed by atoms with Crippen molar-refractivity contribution in [3.8, 4) is 5.75 Å². The maximum Gasteiger partial charge on any atom is 0.513 e. The van der Waals surface area contributed by atoms with Gasteiger partial charge in [-0.3, -0.25) is 4.79 Å². The van der Waals surface area contributed by atoms with Crippen LogP contribution in [0.1, 0.15) is 33.1 Å². The van der Waals surface area contributed by atoms with Crippen LogP contribution in [0, 0.1) is 5.92 Å². The van der Waals surface area contributed by atoms with Crippen molar-refractivity contribution in [2.24, 2.45) is 21.9 Å². The van der Waals surface area contributed by atoms with Crippen molar-refractivity contribution >= 4 is 35.1 Å². The van der Waals surface area contributed by atoms with E-state index in [1.807, 2.05) is 6.92 Å². The summed E-state index contributed by atoms with van der Waals surface area (Å²) in [5.41, 5.74) is 12.1. The van der Waals surface area contributed by atoms with Gasteiger partial charge in [-0.1, -0.05) is 25.5 Å². The number of nitrogen functional groups attached to an aromatic ring is 1. The Morgan fingerprint density at radius 1 is 1.13 bits per heavy atom. The van der Waals surface area contributed by atoms with Gasteiger partial charge in [0.1, 0.15) is 17.2 Å². The van der Waals surface area contributed by atoms with E-state index < -0.39 is 6.16 Å². The summed E-state index contributed by atoms with van der Waals surface area (Å²) in [6.07, 6.45) is 1.69. The molecule has 1 heterocycles. The van der Waals surface area contributed by atoms with E-state index in [-0.39, 0.29) is 30.0 Å². The molecule has 1 atom stereocenters. The Labute approximate surface area is 181 Å². The third-order valence-corrected chi connectivity index (χ3v) is 4.28. The first-order chi connectivity index (χ1) is 14.9. The quantitative estimate of drug-likeness (QED) is 0.220.